The first-order valence-corrected chi connectivity index (χ1v) is 6.18. The number of aromatic amines is 1. The van der Waals surface area contributed by atoms with Crippen LogP contribution in [-0.2, 0) is 0 Å². The van der Waals surface area contributed by atoms with E-state index < -0.39 is 28.0 Å². The normalized spacial score (nSPS) is 12.6. The number of carboxylic acid groups (broad SMARTS) is 1. The summed E-state index contributed by atoms with van der Waals surface area (Å²) < 4.78 is 13.4. The molecule has 0 amide bonds. The highest BCUT2D eigenvalue weighted by Crippen LogP contribution is 2.25. The summed E-state index contributed by atoms with van der Waals surface area (Å²) in [7, 11) is 0. The molecule has 0 spiro atoms. The number of hydrogen-bond acceptors (Lipinski definition) is 3. The fourth-order valence-corrected chi connectivity index (χ4v) is 2.19. The summed E-state index contributed by atoms with van der Waals surface area (Å²) in [6, 6.07) is 2.18. The van der Waals surface area contributed by atoms with E-state index in [1.807, 2.05) is 0 Å². The number of benzene rings is 1. The van der Waals surface area contributed by atoms with Gasteiger partial charge in [0.2, 0.25) is 5.43 Å². The van der Waals surface area contributed by atoms with Crippen molar-refractivity contribution in [3.63, 3.8) is 0 Å². The van der Waals surface area contributed by atoms with Gasteiger partial charge in [-0.3, -0.25) is 4.79 Å². The summed E-state index contributed by atoms with van der Waals surface area (Å²) in [5, 5.41) is 8.40. The van der Waals surface area contributed by atoms with Gasteiger partial charge in [0.05, 0.1) is 10.5 Å². The number of halogens is 2. The van der Waals surface area contributed by atoms with Gasteiger partial charge in [-0.1, -0.05) is 11.6 Å². The Bertz CT molecular complexity index is 742. The highest BCUT2D eigenvalue weighted by molar-refractivity contribution is 7.80. The number of hydrogen-bond donors (Lipinski definition) is 3. The molecule has 0 aliphatic carbocycles. The smallest absolute Gasteiger partial charge is 0.341 e. The first kappa shape index (κ1) is 13.9. The first-order valence-electron chi connectivity index (χ1n) is 5.29. The van der Waals surface area contributed by atoms with E-state index in [0.29, 0.717) is 0 Å². The van der Waals surface area contributed by atoms with Crippen LogP contribution >= 0.6 is 24.2 Å². The molecular formula is C12H9ClFNO3S. The van der Waals surface area contributed by atoms with Crippen molar-refractivity contribution in [3.8, 4) is 0 Å². The maximum atomic E-state index is 13.4. The van der Waals surface area contributed by atoms with Crippen molar-refractivity contribution in [1.82, 2.24) is 4.98 Å². The third kappa shape index (κ3) is 2.33. The molecule has 1 unspecified atom stereocenters. The fourth-order valence-electron chi connectivity index (χ4n) is 1.83. The summed E-state index contributed by atoms with van der Waals surface area (Å²) in [6.45, 7) is 1.62. The summed E-state index contributed by atoms with van der Waals surface area (Å²) in [5.74, 6) is -2.16. The van der Waals surface area contributed by atoms with Crippen molar-refractivity contribution in [2.75, 3.05) is 0 Å². The van der Waals surface area contributed by atoms with Crippen molar-refractivity contribution >= 4 is 41.1 Å². The highest BCUT2D eigenvalue weighted by atomic mass is 35.5. The van der Waals surface area contributed by atoms with Gasteiger partial charge in [-0.05, 0) is 19.1 Å². The Morgan fingerprint density at radius 2 is 2.16 bits per heavy atom. The largest absolute Gasteiger partial charge is 0.477 e. The maximum Gasteiger partial charge on any atom is 0.341 e. The minimum absolute atomic E-state index is 0.0583. The summed E-state index contributed by atoms with van der Waals surface area (Å²) in [5.41, 5.74) is -0.752. The van der Waals surface area contributed by atoms with E-state index >= 15 is 0 Å². The van der Waals surface area contributed by atoms with E-state index in [-0.39, 0.29) is 21.6 Å². The third-order valence-electron chi connectivity index (χ3n) is 2.70. The van der Waals surface area contributed by atoms with Gasteiger partial charge in [-0.25, -0.2) is 9.18 Å². The zero-order valence-corrected chi connectivity index (χ0v) is 11.3. The van der Waals surface area contributed by atoms with Crippen LogP contribution in [0.5, 0.6) is 0 Å². The molecule has 19 heavy (non-hydrogen) atoms. The highest BCUT2D eigenvalue weighted by Gasteiger charge is 2.21. The van der Waals surface area contributed by atoms with Crippen LogP contribution < -0.4 is 5.43 Å². The van der Waals surface area contributed by atoms with Crippen molar-refractivity contribution in [1.29, 1.82) is 0 Å². The molecule has 100 valence electrons. The molecule has 1 aromatic heterocycles. The Kier molecular flexibility index (Phi) is 3.56. The predicted molar refractivity (Wildman–Crippen MR) is 73.9 cm³/mol. The SMILES string of the molecule is CC(S)c1[nH]c2cc(Cl)c(F)cc2c(=O)c1C(=O)O. The van der Waals surface area contributed by atoms with Crippen LogP contribution in [0.4, 0.5) is 4.39 Å². The van der Waals surface area contributed by atoms with E-state index in [1.165, 1.54) is 6.07 Å². The number of rotatable bonds is 2. The molecule has 2 rings (SSSR count). The van der Waals surface area contributed by atoms with Crippen molar-refractivity contribution < 1.29 is 14.3 Å². The molecule has 0 aliphatic heterocycles. The lowest BCUT2D eigenvalue weighted by Gasteiger charge is -2.11. The van der Waals surface area contributed by atoms with Crippen LogP contribution in [0, 0.1) is 5.82 Å². The second kappa shape index (κ2) is 4.86. The molecule has 2 aromatic rings. The molecule has 7 heteroatoms. The maximum absolute atomic E-state index is 13.4. The second-order valence-corrected chi connectivity index (χ2v) is 5.22. The minimum Gasteiger partial charge on any atom is -0.477 e. The van der Waals surface area contributed by atoms with E-state index in [4.69, 9.17) is 16.7 Å². The minimum atomic E-state index is -1.38. The molecule has 1 atom stereocenters. The molecular weight excluding hydrogens is 293 g/mol. The van der Waals surface area contributed by atoms with Gasteiger partial charge < -0.3 is 10.1 Å². The molecule has 0 bridgehead atoms. The molecule has 1 heterocycles. The van der Waals surface area contributed by atoms with Crippen molar-refractivity contribution in [2.24, 2.45) is 0 Å². The first-order chi connectivity index (χ1) is 8.82. The number of carbonyl (C=O) groups is 1. The van der Waals surface area contributed by atoms with Gasteiger partial charge in [-0.15, -0.1) is 0 Å². The quantitative estimate of drug-likeness (QED) is 0.747. The van der Waals surface area contributed by atoms with E-state index in [1.54, 1.807) is 6.92 Å². The van der Waals surface area contributed by atoms with Crippen LogP contribution in [0.3, 0.4) is 0 Å². The van der Waals surface area contributed by atoms with Crippen LogP contribution in [0.15, 0.2) is 16.9 Å². The van der Waals surface area contributed by atoms with Gasteiger partial charge in [-0.2, -0.15) is 12.6 Å². The fraction of sp³-hybridized carbons (Fsp3) is 0.167. The average molecular weight is 302 g/mol. The number of nitrogens with one attached hydrogen (secondary N) is 1. The molecule has 0 saturated heterocycles. The van der Waals surface area contributed by atoms with E-state index in [0.717, 1.165) is 6.07 Å². The monoisotopic (exact) mass is 301 g/mol. The van der Waals surface area contributed by atoms with Crippen molar-refractivity contribution in [2.45, 2.75) is 12.2 Å². The number of H-pyrrole nitrogens is 1. The Morgan fingerprint density at radius 1 is 1.53 bits per heavy atom. The molecule has 2 N–H and O–H groups in total. The van der Waals surface area contributed by atoms with Gasteiger partial charge in [0.15, 0.2) is 0 Å². The van der Waals surface area contributed by atoms with Gasteiger partial charge in [0.25, 0.3) is 0 Å². The molecule has 1 aromatic carbocycles. The molecule has 4 nitrogen and oxygen atoms in total. The summed E-state index contributed by atoms with van der Waals surface area (Å²) >= 11 is 9.77. The predicted octanol–water partition coefficient (Wildman–Crippen LogP) is 3.01. The van der Waals surface area contributed by atoms with Gasteiger partial charge in [0.1, 0.15) is 11.4 Å². The van der Waals surface area contributed by atoms with Crippen LogP contribution in [0.1, 0.15) is 28.2 Å². The third-order valence-corrected chi connectivity index (χ3v) is 3.25. The molecule has 0 saturated carbocycles. The standard InChI is InChI=1S/C12H9ClFNO3S/c1-4(19)10-9(12(17)18)11(16)5-2-7(14)6(13)3-8(5)15-10/h2-4,19H,1H3,(H,15,16)(H,17,18). The van der Waals surface area contributed by atoms with Gasteiger partial charge >= 0.3 is 5.97 Å². The lowest BCUT2D eigenvalue weighted by atomic mass is 10.1. The Hall–Kier alpha value is -1.53. The summed E-state index contributed by atoms with van der Waals surface area (Å²) in [4.78, 5) is 26.1. The number of aromatic nitrogens is 1. The number of carboxylic acids is 1. The Balaban J connectivity index is 2.98. The zero-order chi connectivity index (χ0) is 14.3. The van der Waals surface area contributed by atoms with E-state index in [9.17, 15) is 14.0 Å². The number of fused-ring (bicyclic) bond motifs is 1. The van der Waals surface area contributed by atoms with Crippen molar-refractivity contribution in [3.05, 3.63) is 44.5 Å². The lowest BCUT2D eigenvalue weighted by molar-refractivity contribution is 0.0694. The summed E-state index contributed by atoms with van der Waals surface area (Å²) in [6.07, 6.45) is 0. The van der Waals surface area contributed by atoms with Gasteiger partial charge in [0, 0.05) is 16.3 Å². The van der Waals surface area contributed by atoms with E-state index in [2.05, 4.69) is 17.6 Å². The van der Waals surface area contributed by atoms with Crippen LogP contribution in [0.25, 0.3) is 10.9 Å². The second-order valence-electron chi connectivity index (χ2n) is 4.04. The topological polar surface area (TPSA) is 70.2 Å². The molecule has 0 aliphatic rings. The average Bonchev–Trinajstić information content (AvgIpc) is 2.30. The zero-order valence-electron chi connectivity index (χ0n) is 9.70. The van der Waals surface area contributed by atoms with Crippen LogP contribution in [0.2, 0.25) is 5.02 Å². The Labute approximate surface area is 117 Å². The molecule has 0 radical (unpaired) electrons. The van der Waals surface area contributed by atoms with Crippen LogP contribution in [-0.4, -0.2) is 16.1 Å². The number of pyridine rings is 1. The lowest BCUT2D eigenvalue weighted by Crippen LogP contribution is -2.20. The Morgan fingerprint density at radius 3 is 2.68 bits per heavy atom. The molecule has 0 fully saturated rings. The number of thiol groups is 1. The number of aromatic carboxylic acids is 1.